The van der Waals surface area contributed by atoms with Crippen molar-refractivity contribution in [1.29, 1.82) is 0 Å². The van der Waals surface area contributed by atoms with Crippen LogP contribution in [0.5, 0.6) is 11.6 Å². The van der Waals surface area contributed by atoms with Gasteiger partial charge in [0.05, 0.1) is 4.90 Å². The van der Waals surface area contributed by atoms with Gasteiger partial charge in [-0.1, -0.05) is 50.2 Å². The summed E-state index contributed by atoms with van der Waals surface area (Å²) in [6.45, 7) is 6.11. The van der Waals surface area contributed by atoms with E-state index in [0.29, 0.717) is 11.6 Å². The second kappa shape index (κ2) is 8.55. The number of nitrogens with one attached hydrogen (secondary N) is 1. The summed E-state index contributed by atoms with van der Waals surface area (Å²) in [5.41, 5.74) is 0.146. The van der Waals surface area contributed by atoms with Gasteiger partial charge in [-0.25, -0.2) is 13.1 Å². The third-order valence-corrected chi connectivity index (χ3v) is 6.50. The highest BCUT2D eigenvalue weighted by Gasteiger charge is 2.28. The number of aromatic nitrogens is 2. The molecule has 0 saturated carbocycles. The van der Waals surface area contributed by atoms with Crippen molar-refractivity contribution >= 4 is 21.8 Å². The topological polar surface area (TPSA) is 84.4 Å². The van der Waals surface area contributed by atoms with E-state index in [4.69, 9.17) is 4.74 Å². The van der Waals surface area contributed by atoms with Crippen LogP contribution < -0.4 is 14.4 Å². The molecule has 0 bridgehead atoms. The van der Waals surface area contributed by atoms with Crippen LogP contribution in [0, 0.1) is 5.41 Å². The first-order chi connectivity index (χ1) is 14.8. The molecule has 1 N–H and O–H groups in total. The van der Waals surface area contributed by atoms with Gasteiger partial charge in [0.25, 0.3) is 10.0 Å². The number of ether oxygens (including phenoxy) is 1. The van der Waals surface area contributed by atoms with E-state index in [1.807, 2.05) is 30.3 Å². The lowest BCUT2D eigenvalue weighted by atomic mass is 9.84. The van der Waals surface area contributed by atoms with Crippen molar-refractivity contribution in [2.45, 2.75) is 31.6 Å². The Morgan fingerprint density at radius 3 is 2.35 bits per heavy atom. The van der Waals surface area contributed by atoms with Crippen molar-refractivity contribution in [2.24, 2.45) is 5.41 Å². The molecule has 7 nitrogen and oxygen atoms in total. The molecule has 0 amide bonds. The van der Waals surface area contributed by atoms with Crippen LogP contribution in [0.4, 0.5) is 11.8 Å². The number of sulfonamides is 1. The number of piperidine rings is 1. The van der Waals surface area contributed by atoms with Crippen LogP contribution in [0.25, 0.3) is 0 Å². The third kappa shape index (κ3) is 5.32. The summed E-state index contributed by atoms with van der Waals surface area (Å²) < 4.78 is 34.0. The minimum Gasteiger partial charge on any atom is -0.439 e. The molecule has 4 rings (SSSR count). The lowest BCUT2D eigenvalue weighted by Crippen LogP contribution is -2.40. The van der Waals surface area contributed by atoms with E-state index >= 15 is 0 Å². The zero-order valence-electron chi connectivity index (χ0n) is 17.7. The quantitative estimate of drug-likeness (QED) is 0.601. The average Bonchev–Trinajstić information content (AvgIpc) is 2.74. The van der Waals surface area contributed by atoms with Gasteiger partial charge >= 0.3 is 0 Å². The van der Waals surface area contributed by atoms with Crippen LogP contribution in [0.3, 0.4) is 0 Å². The van der Waals surface area contributed by atoms with Gasteiger partial charge in [-0.05, 0) is 42.5 Å². The standard InChI is InChI=1S/C23H26N4O3S/c1-23(2)14-9-15-27(17-23)20-16-21(30-18-10-5-3-6-11-18)25-22(24-20)26-31(28,29)19-12-7-4-8-13-19/h3-8,10-13,16H,9,14-15,17H2,1-2H3,(H,24,25,26). The van der Waals surface area contributed by atoms with Crippen molar-refractivity contribution in [3.8, 4) is 11.6 Å². The number of anilines is 2. The van der Waals surface area contributed by atoms with Crippen molar-refractivity contribution < 1.29 is 13.2 Å². The fourth-order valence-corrected chi connectivity index (χ4v) is 4.64. The zero-order chi connectivity index (χ0) is 21.9. The van der Waals surface area contributed by atoms with E-state index in [2.05, 4.69) is 33.4 Å². The van der Waals surface area contributed by atoms with Gasteiger partial charge in [0.15, 0.2) is 0 Å². The number of rotatable bonds is 6. The molecule has 0 radical (unpaired) electrons. The summed E-state index contributed by atoms with van der Waals surface area (Å²) >= 11 is 0. The predicted octanol–water partition coefficient (Wildman–Crippen LogP) is 4.70. The monoisotopic (exact) mass is 438 g/mol. The van der Waals surface area contributed by atoms with E-state index in [0.717, 1.165) is 25.9 Å². The molecule has 2 heterocycles. The van der Waals surface area contributed by atoms with Crippen molar-refractivity contribution in [1.82, 2.24) is 9.97 Å². The first-order valence-corrected chi connectivity index (χ1v) is 11.7. The number of nitrogens with zero attached hydrogens (tertiary/aromatic N) is 3. The largest absolute Gasteiger partial charge is 0.439 e. The van der Waals surface area contributed by atoms with Gasteiger partial charge < -0.3 is 9.64 Å². The van der Waals surface area contributed by atoms with E-state index < -0.39 is 10.0 Å². The molecular formula is C23H26N4O3S. The van der Waals surface area contributed by atoms with E-state index in [-0.39, 0.29) is 22.1 Å². The molecule has 1 fully saturated rings. The van der Waals surface area contributed by atoms with Gasteiger partial charge in [-0.3, -0.25) is 0 Å². The second-order valence-electron chi connectivity index (χ2n) is 8.41. The van der Waals surface area contributed by atoms with Gasteiger partial charge in [0.1, 0.15) is 11.6 Å². The number of para-hydroxylation sites is 1. The molecule has 31 heavy (non-hydrogen) atoms. The summed E-state index contributed by atoms with van der Waals surface area (Å²) in [6, 6.07) is 19.2. The molecule has 0 atom stereocenters. The third-order valence-electron chi connectivity index (χ3n) is 5.16. The Kier molecular flexibility index (Phi) is 5.82. The molecule has 0 spiro atoms. The second-order valence-corrected chi connectivity index (χ2v) is 10.1. The number of benzene rings is 2. The Hall–Kier alpha value is -3.13. The lowest BCUT2D eigenvalue weighted by Gasteiger charge is -2.38. The normalized spacial score (nSPS) is 16.0. The van der Waals surface area contributed by atoms with Gasteiger partial charge in [-0.15, -0.1) is 0 Å². The molecule has 1 aromatic heterocycles. The Balaban J connectivity index is 1.69. The van der Waals surface area contributed by atoms with Crippen LogP contribution in [0.15, 0.2) is 71.6 Å². The summed E-state index contributed by atoms with van der Waals surface area (Å²) in [5, 5.41) is 0. The molecule has 2 aromatic carbocycles. The summed E-state index contributed by atoms with van der Waals surface area (Å²) in [4.78, 5) is 11.1. The highest BCUT2D eigenvalue weighted by Crippen LogP contribution is 2.33. The van der Waals surface area contributed by atoms with Crippen molar-refractivity contribution in [3.63, 3.8) is 0 Å². The summed E-state index contributed by atoms with van der Waals surface area (Å²) in [7, 11) is -3.82. The van der Waals surface area contributed by atoms with Crippen LogP contribution >= 0.6 is 0 Å². The maximum absolute atomic E-state index is 12.8. The van der Waals surface area contributed by atoms with Crippen molar-refractivity contribution in [3.05, 3.63) is 66.7 Å². The molecule has 0 aliphatic carbocycles. The van der Waals surface area contributed by atoms with Gasteiger partial charge in [0, 0.05) is 19.2 Å². The molecular weight excluding hydrogens is 412 g/mol. The highest BCUT2D eigenvalue weighted by atomic mass is 32.2. The fourth-order valence-electron chi connectivity index (χ4n) is 3.68. The van der Waals surface area contributed by atoms with Crippen LogP contribution in [0.1, 0.15) is 26.7 Å². The number of hydrogen-bond acceptors (Lipinski definition) is 6. The molecule has 1 saturated heterocycles. The molecule has 162 valence electrons. The first kappa shape index (κ1) is 21.1. The maximum atomic E-state index is 12.8. The van der Waals surface area contributed by atoms with Crippen molar-refractivity contribution in [2.75, 3.05) is 22.7 Å². The Labute approximate surface area is 183 Å². The van der Waals surface area contributed by atoms with E-state index in [1.54, 1.807) is 24.3 Å². The first-order valence-electron chi connectivity index (χ1n) is 10.3. The number of hydrogen-bond donors (Lipinski definition) is 1. The fraction of sp³-hybridized carbons (Fsp3) is 0.304. The SMILES string of the molecule is CC1(C)CCCN(c2cc(Oc3ccccc3)nc(NS(=O)(=O)c3ccccc3)n2)C1. The minimum atomic E-state index is -3.82. The smallest absolute Gasteiger partial charge is 0.264 e. The average molecular weight is 439 g/mol. The highest BCUT2D eigenvalue weighted by molar-refractivity contribution is 7.92. The Bertz CT molecular complexity index is 1140. The molecule has 8 heteroatoms. The predicted molar refractivity (Wildman–Crippen MR) is 121 cm³/mol. The lowest BCUT2D eigenvalue weighted by molar-refractivity contribution is 0.292. The van der Waals surface area contributed by atoms with Crippen LogP contribution in [-0.4, -0.2) is 31.5 Å². The molecule has 1 aliphatic heterocycles. The van der Waals surface area contributed by atoms with Gasteiger partial charge in [-0.2, -0.15) is 9.97 Å². The minimum absolute atomic E-state index is 0.0179. The summed E-state index contributed by atoms with van der Waals surface area (Å²) in [6.07, 6.45) is 2.17. The van der Waals surface area contributed by atoms with E-state index in [1.165, 1.54) is 12.1 Å². The maximum Gasteiger partial charge on any atom is 0.264 e. The summed E-state index contributed by atoms with van der Waals surface area (Å²) in [5.74, 6) is 1.52. The molecule has 1 aliphatic rings. The zero-order valence-corrected chi connectivity index (χ0v) is 18.5. The van der Waals surface area contributed by atoms with Crippen LogP contribution in [0.2, 0.25) is 0 Å². The van der Waals surface area contributed by atoms with Gasteiger partial charge in [0.2, 0.25) is 11.8 Å². The Morgan fingerprint density at radius 1 is 1.00 bits per heavy atom. The van der Waals surface area contributed by atoms with E-state index in [9.17, 15) is 8.42 Å². The molecule has 0 unspecified atom stereocenters. The van der Waals surface area contributed by atoms with Crippen LogP contribution in [-0.2, 0) is 10.0 Å². The Morgan fingerprint density at radius 2 is 1.68 bits per heavy atom. The molecule has 3 aromatic rings.